The molecule has 0 fully saturated rings. The average molecular weight is 429 g/mol. The van der Waals surface area contributed by atoms with E-state index in [1.807, 2.05) is 20.2 Å². The van der Waals surface area contributed by atoms with Crippen molar-refractivity contribution in [2.75, 3.05) is 24.3 Å². The highest BCUT2D eigenvalue weighted by molar-refractivity contribution is 9.10. The molecule has 0 spiro atoms. The predicted molar refractivity (Wildman–Crippen MR) is 99.4 cm³/mol. The second kappa shape index (κ2) is 7.75. The van der Waals surface area contributed by atoms with Gasteiger partial charge in [0.1, 0.15) is 17.4 Å². The fraction of sp³-hybridized carbons (Fsp3) is 0.125. The van der Waals surface area contributed by atoms with Crippen LogP contribution in [0.5, 0.6) is 0 Å². The van der Waals surface area contributed by atoms with Crippen LogP contribution in [0.3, 0.4) is 0 Å². The Bertz CT molecular complexity index is 853. The summed E-state index contributed by atoms with van der Waals surface area (Å²) in [4.78, 5) is 14.0. The second-order valence-electron chi connectivity index (χ2n) is 4.95. The third-order valence-corrected chi connectivity index (χ3v) is 4.23. The lowest BCUT2D eigenvalue weighted by Crippen LogP contribution is -2.13. The molecule has 0 saturated carbocycles. The normalized spacial score (nSPS) is 11.1. The monoisotopic (exact) mass is 427 g/mol. The molecule has 1 heterocycles. The molecule has 0 bridgehead atoms. The highest BCUT2D eigenvalue weighted by atomic mass is 79.9. The Morgan fingerprint density at radius 3 is 2.58 bits per heavy atom. The second-order valence-corrected chi connectivity index (χ2v) is 6.62. The van der Waals surface area contributed by atoms with E-state index in [0.29, 0.717) is 27.4 Å². The van der Waals surface area contributed by atoms with E-state index in [4.69, 9.17) is 27.6 Å². The number of nitriles is 1. The molecule has 0 atom stereocenters. The highest BCUT2D eigenvalue weighted by Crippen LogP contribution is 2.30. The predicted octanol–water partition coefficient (Wildman–Crippen LogP) is 4.96. The number of anilines is 2. The maximum Gasteiger partial charge on any atom is 0.266 e. The topological polar surface area (TPSA) is 69.3 Å². The first-order valence-electron chi connectivity index (χ1n) is 6.66. The van der Waals surface area contributed by atoms with Gasteiger partial charge in [-0.1, -0.05) is 23.2 Å². The van der Waals surface area contributed by atoms with Crippen LogP contribution >= 0.6 is 39.1 Å². The van der Waals surface area contributed by atoms with Crippen LogP contribution < -0.4 is 10.2 Å². The van der Waals surface area contributed by atoms with Gasteiger partial charge < -0.3 is 14.6 Å². The van der Waals surface area contributed by atoms with Gasteiger partial charge in [-0.05, 0) is 34.1 Å². The van der Waals surface area contributed by atoms with Gasteiger partial charge in [-0.3, -0.25) is 4.79 Å². The molecule has 1 aromatic carbocycles. The fourth-order valence-electron chi connectivity index (χ4n) is 1.82. The number of benzene rings is 1. The lowest BCUT2D eigenvalue weighted by Gasteiger charge is -2.07. The summed E-state index contributed by atoms with van der Waals surface area (Å²) in [5.41, 5.74) is 0.331. The largest absolute Gasteiger partial charge is 0.440 e. The van der Waals surface area contributed by atoms with Crippen LogP contribution in [-0.2, 0) is 4.79 Å². The van der Waals surface area contributed by atoms with Crippen LogP contribution in [0, 0.1) is 11.3 Å². The first-order chi connectivity index (χ1) is 11.3. The molecule has 0 saturated heterocycles. The van der Waals surface area contributed by atoms with Gasteiger partial charge in [0.05, 0.1) is 14.5 Å². The Morgan fingerprint density at radius 1 is 1.33 bits per heavy atom. The van der Waals surface area contributed by atoms with Crippen molar-refractivity contribution in [1.29, 1.82) is 5.26 Å². The van der Waals surface area contributed by atoms with E-state index >= 15 is 0 Å². The van der Waals surface area contributed by atoms with E-state index < -0.39 is 5.91 Å². The smallest absolute Gasteiger partial charge is 0.266 e. The number of nitrogens with zero attached hydrogens (tertiary/aromatic N) is 2. The summed E-state index contributed by atoms with van der Waals surface area (Å²) in [6.07, 6.45) is 1.37. The highest BCUT2D eigenvalue weighted by Gasteiger charge is 2.14. The van der Waals surface area contributed by atoms with Crippen LogP contribution in [-0.4, -0.2) is 20.0 Å². The van der Waals surface area contributed by atoms with Crippen molar-refractivity contribution < 1.29 is 9.21 Å². The number of hydrogen-bond acceptors (Lipinski definition) is 4. The van der Waals surface area contributed by atoms with Crippen molar-refractivity contribution >= 4 is 62.7 Å². The lowest BCUT2D eigenvalue weighted by atomic mass is 10.2. The van der Waals surface area contributed by atoms with Crippen molar-refractivity contribution in [2.45, 2.75) is 0 Å². The Labute approximate surface area is 157 Å². The van der Waals surface area contributed by atoms with Gasteiger partial charge in [0.25, 0.3) is 5.91 Å². The van der Waals surface area contributed by atoms with Gasteiger partial charge >= 0.3 is 0 Å². The first-order valence-corrected chi connectivity index (χ1v) is 8.21. The third-order valence-electron chi connectivity index (χ3n) is 2.92. The minimum Gasteiger partial charge on any atom is -0.440 e. The van der Waals surface area contributed by atoms with Gasteiger partial charge in [0.15, 0.2) is 0 Å². The molecule has 0 unspecified atom stereocenters. The number of nitrogens with one attached hydrogen (secondary N) is 1. The molecular weight excluding hydrogens is 417 g/mol. The Balaban J connectivity index is 2.24. The summed E-state index contributed by atoms with van der Waals surface area (Å²) >= 11 is 15.1. The van der Waals surface area contributed by atoms with Crippen LogP contribution in [0.15, 0.2) is 38.7 Å². The SMILES string of the molecule is CN(C)c1oc(/C=C(/C#N)C(=O)Nc2ccc(Cl)c(Cl)c2)cc1Br. The maximum atomic E-state index is 12.2. The zero-order chi connectivity index (χ0) is 17.9. The zero-order valence-corrected chi connectivity index (χ0v) is 15.8. The standard InChI is InChI=1S/C16H12BrCl2N3O2/c1-22(2)16-12(17)7-11(24-16)5-9(8-20)15(23)21-10-3-4-13(18)14(19)6-10/h3-7H,1-2H3,(H,21,23)/b9-5-. The molecule has 0 aliphatic rings. The van der Waals surface area contributed by atoms with Crippen molar-refractivity contribution in [3.05, 3.63) is 50.1 Å². The van der Waals surface area contributed by atoms with Crippen LogP contribution in [0.25, 0.3) is 6.08 Å². The lowest BCUT2D eigenvalue weighted by molar-refractivity contribution is -0.112. The molecule has 1 amide bonds. The molecule has 124 valence electrons. The number of furan rings is 1. The molecular formula is C16H12BrCl2N3O2. The number of rotatable bonds is 4. The van der Waals surface area contributed by atoms with Crippen molar-refractivity contribution in [3.8, 4) is 6.07 Å². The fourth-order valence-corrected chi connectivity index (χ4v) is 2.77. The number of hydrogen-bond donors (Lipinski definition) is 1. The van der Waals surface area contributed by atoms with E-state index in [-0.39, 0.29) is 5.57 Å². The number of halogens is 3. The summed E-state index contributed by atoms with van der Waals surface area (Å²) in [5.74, 6) is 0.393. The molecule has 1 N–H and O–H groups in total. The summed E-state index contributed by atoms with van der Waals surface area (Å²) in [6, 6.07) is 8.19. The molecule has 0 aliphatic carbocycles. The molecule has 5 nitrogen and oxygen atoms in total. The minimum absolute atomic E-state index is 0.104. The average Bonchev–Trinajstić information content (AvgIpc) is 2.89. The number of carbonyl (C=O) groups excluding carboxylic acids is 1. The van der Waals surface area contributed by atoms with Crippen LogP contribution in [0.4, 0.5) is 11.6 Å². The van der Waals surface area contributed by atoms with E-state index in [2.05, 4.69) is 21.2 Å². The van der Waals surface area contributed by atoms with E-state index in [1.54, 1.807) is 23.1 Å². The minimum atomic E-state index is -0.574. The number of carbonyl (C=O) groups is 1. The Morgan fingerprint density at radius 2 is 2.04 bits per heavy atom. The molecule has 8 heteroatoms. The summed E-state index contributed by atoms with van der Waals surface area (Å²) in [7, 11) is 3.64. The van der Waals surface area contributed by atoms with Gasteiger partial charge in [-0.2, -0.15) is 5.26 Å². The summed E-state index contributed by atoms with van der Waals surface area (Å²) in [6.45, 7) is 0. The first kappa shape index (κ1) is 18.4. The van der Waals surface area contributed by atoms with Crippen LogP contribution in [0.1, 0.15) is 5.76 Å². The zero-order valence-electron chi connectivity index (χ0n) is 12.7. The van der Waals surface area contributed by atoms with Gasteiger partial charge in [0.2, 0.25) is 5.88 Å². The molecule has 0 aliphatic heterocycles. The molecule has 0 radical (unpaired) electrons. The van der Waals surface area contributed by atoms with Crippen molar-refractivity contribution in [2.24, 2.45) is 0 Å². The quantitative estimate of drug-likeness (QED) is 0.551. The Hall–Kier alpha value is -1.94. The van der Waals surface area contributed by atoms with Gasteiger partial charge in [-0.15, -0.1) is 0 Å². The van der Waals surface area contributed by atoms with Crippen molar-refractivity contribution in [1.82, 2.24) is 0 Å². The van der Waals surface area contributed by atoms with E-state index in [0.717, 1.165) is 4.47 Å². The Kier molecular flexibility index (Phi) is 5.94. The van der Waals surface area contributed by atoms with Crippen molar-refractivity contribution in [3.63, 3.8) is 0 Å². The van der Waals surface area contributed by atoms with E-state index in [1.165, 1.54) is 12.1 Å². The third kappa shape index (κ3) is 4.32. The molecule has 2 rings (SSSR count). The molecule has 1 aromatic heterocycles. The van der Waals surface area contributed by atoms with Gasteiger partial charge in [0, 0.05) is 31.9 Å². The van der Waals surface area contributed by atoms with E-state index in [9.17, 15) is 10.1 Å². The summed E-state index contributed by atoms with van der Waals surface area (Å²) < 4.78 is 6.30. The number of amides is 1. The molecule has 2 aromatic rings. The summed E-state index contributed by atoms with van der Waals surface area (Å²) in [5, 5.41) is 12.5. The maximum absolute atomic E-state index is 12.2. The van der Waals surface area contributed by atoms with Crippen LogP contribution in [0.2, 0.25) is 10.0 Å². The molecule has 24 heavy (non-hydrogen) atoms. The van der Waals surface area contributed by atoms with Gasteiger partial charge in [-0.25, -0.2) is 0 Å².